The number of Topliss-reactive ketones (excluding diaryl/α,β-unsaturated/α-hetero) is 1. The minimum atomic E-state index is -0.0193. The summed E-state index contributed by atoms with van der Waals surface area (Å²) in [6.07, 6.45) is 3.34. The molecule has 5 heteroatoms. The molecule has 0 bridgehead atoms. The average molecular weight is 304 g/mol. The Bertz CT molecular complexity index is 557. The summed E-state index contributed by atoms with van der Waals surface area (Å²) in [5.74, 6) is 0.669. The van der Waals surface area contributed by atoms with Gasteiger partial charge in [-0.15, -0.1) is 0 Å². The molecule has 0 saturated carbocycles. The Balaban J connectivity index is 2.19. The fourth-order valence-electron chi connectivity index (χ4n) is 2.97. The van der Waals surface area contributed by atoms with Crippen LogP contribution in [0.15, 0.2) is 18.2 Å². The molecule has 22 heavy (non-hydrogen) atoms. The van der Waals surface area contributed by atoms with Crippen LogP contribution in [0.5, 0.6) is 5.75 Å². The van der Waals surface area contributed by atoms with Crippen LogP contribution < -0.4 is 10.5 Å². The predicted octanol–water partition coefficient (Wildman–Crippen LogP) is 1.78. The molecule has 1 fully saturated rings. The second kappa shape index (κ2) is 7.40. The third-order valence-electron chi connectivity index (χ3n) is 4.25. The number of amides is 1. The summed E-state index contributed by atoms with van der Waals surface area (Å²) >= 11 is 0. The first kappa shape index (κ1) is 16.5. The van der Waals surface area contributed by atoms with Crippen molar-refractivity contribution in [3.63, 3.8) is 0 Å². The van der Waals surface area contributed by atoms with Crippen LogP contribution in [0, 0.1) is 0 Å². The van der Waals surface area contributed by atoms with E-state index in [9.17, 15) is 9.59 Å². The van der Waals surface area contributed by atoms with Crippen LogP contribution in [0.3, 0.4) is 0 Å². The summed E-state index contributed by atoms with van der Waals surface area (Å²) < 4.78 is 5.31. The van der Waals surface area contributed by atoms with E-state index in [2.05, 4.69) is 0 Å². The van der Waals surface area contributed by atoms with E-state index >= 15 is 0 Å². The number of hydrogen-bond donors (Lipinski definition) is 1. The van der Waals surface area contributed by atoms with Crippen molar-refractivity contribution in [1.82, 2.24) is 4.90 Å². The number of methoxy groups -OCH3 is 1. The highest BCUT2D eigenvalue weighted by Crippen LogP contribution is 2.23. The quantitative estimate of drug-likeness (QED) is 0.842. The molecule has 0 spiro atoms. The molecular weight excluding hydrogens is 280 g/mol. The summed E-state index contributed by atoms with van der Waals surface area (Å²) in [4.78, 5) is 26.0. The topological polar surface area (TPSA) is 72.6 Å². The van der Waals surface area contributed by atoms with E-state index in [0.717, 1.165) is 31.4 Å². The molecule has 2 N–H and O–H groups in total. The van der Waals surface area contributed by atoms with Crippen molar-refractivity contribution in [2.45, 2.75) is 38.6 Å². The maximum atomic E-state index is 12.6. The highest BCUT2D eigenvalue weighted by Gasteiger charge is 2.26. The summed E-state index contributed by atoms with van der Waals surface area (Å²) in [6, 6.07) is 5.35. The summed E-state index contributed by atoms with van der Waals surface area (Å²) in [7, 11) is 1.57. The van der Waals surface area contributed by atoms with Gasteiger partial charge in [0.1, 0.15) is 5.75 Å². The Morgan fingerprint density at radius 3 is 2.77 bits per heavy atom. The van der Waals surface area contributed by atoms with Crippen LogP contribution >= 0.6 is 0 Å². The van der Waals surface area contributed by atoms with Gasteiger partial charge in [-0.05, 0) is 44.4 Å². The number of benzene rings is 1. The van der Waals surface area contributed by atoms with Gasteiger partial charge in [-0.25, -0.2) is 0 Å². The molecule has 120 valence electrons. The molecule has 1 unspecified atom stereocenters. The number of piperidine rings is 1. The van der Waals surface area contributed by atoms with E-state index in [1.165, 1.54) is 6.92 Å². The number of hydrogen-bond acceptors (Lipinski definition) is 4. The van der Waals surface area contributed by atoms with Gasteiger partial charge in [0.25, 0.3) is 0 Å². The molecule has 1 aliphatic rings. The number of ether oxygens (including phenoxy) is 1. The van der Waals surface area contributed by atoms with E-state index < -0.39 is 0 Å². The van der Waals surface area contributed by atoms with Gasteiger partial charge in [0, 0.05) is 30.3 Å². The molecule has 1 aromatic carbocycles. The van der Waals surface area contributed by atoms with Gasteiger partial charge in [-0.2, -0.15) is 0 Å². The number of nitrogens with zero attached hydrogens (tertiary/aromatic N) is 1. The predicted molar refractivity (Wildman–Crippen MR) is 85.1 cm³/mol. The van der Waals surface area contributed by atoms with Crippen molar-refractivity contribution in [2.75, 3.05) is 20.2 Å². The lowest BCUT2D eigenvalue weighted by Crippen LogP contribution is -2.48. The molecule has 1 atom stereocenters. The Morgan fingerprint density at radius 1 is 1.36 bits per heavy atom. The van der Waals surface area contributed by atoms with Gasteiger partial charge in [0.2, 0.25) is 5.91 Å². The maximum absolute atomic E-state index is 12.6. The third-order valence-corrected chi connectivity index (χ3v) is 4.25. The first-order valence-electron chi connectivity index (χ1n) is 7.74. The van der Waals surface area contributed by atoms with Crippen molar-refractivity contribution >= 4 is 11.7 Å². The fraction of sp³-hybridized carbons (Fsp3) is 0.529. The number of carbonyl (C=O) groups excluding carboxylic acids is 2. The van der Waals surface area contributed by atoms with Gasteiger partial charge in [-0.3, -0.25) is 9.59 Å². The normalized spacial score (nSPS) is 18.1. The minimum Gasteiger partial charge on any atom is -0.496 e. The van der Waals surface area contributed by atoms with Gasteiger partial charge in [0.15, 0.2) is 5.78 Å². The molecule has 0 aromatic heterocycles. The Kier molecular flexibility index (Phi) is 5.55. The second-order valence-electron chi connectivity index (χ2n) is 5.73. The lowest BCUT2D eigenvalue weighted by Gasteiger charge is -2.35. The van der Waals surface area contributed by atoms with E-state index in [1.54, 1.807) is 25.3 Å². The van der Waals surface area contributed by atoms with Crippen LogP contribution in [0.25, 0.3) is 0 Å². The SMILES string of the molecule is COc1ccc(C(C)=O)cc1CC(=O)N1CCCCC1CN. The lowest BCUT2D eigenvalue weighted by molar-refractivity contribution is -0.133. The molecular formula is C17H24N2O3. The second-order valence-corrected chi connectivity index (χ2v) is 5.73. The van der Waals surface area contributed by atoms with E-state index in [-0.39, 0.29) is 24.2 Å². The molecule has 1 aromatic rings. The summed E-state index contributed by atoms with van der Waals surface area (Å²) in [5, 5.41) is 0. The first-order chi connectivity index (χ1) is 10.6. The molecule has 0 aliphatic carbocycles. The van der Waals surface area contributed by atoms with E-state index in [4.69, 9.17) is 10.5 Å². The Hall–Kier alpha value is -1.88. The van der Waals surface area contributed by atoms with E-state index in [1.807, 2.05) is 4.90 Å². The molecule has 1 saturated heterocycles. The molecule has 0 radical (unpaired) electrons. The van der Waals surface area contributed by atoms with Crippen LogP contribution in [0.2, 0.25) is 0 Å². The van der Waals surface area contributed by atoms with Crippen LogP contribution in [0.1, 0.15) is 42.1 Å². The largest absolute Gasteiger partial charge is 0.496 e. The third kappa shape index (κ3) is 3.65. The summed E-state index contributed by atoms with van der Waals surface area (Å²) in [5.41, 5.74) is 7.13. The van der Waals surface area contributed by atoms with Gasteiger partial charge >= 0.3 is 0 Å². The number of nitrogens with two attached hydrogens (primary N) is 1. The van der Waals surface area contributed by atoms with Crippen molar-refractivity contribution in [3.05, 3.63) is 29.3 Å². The molecule has 1 aliphatic heterocycles. The highest BCUT2D eigenvalue weighted by molar-refractivity contribution is 5.94. The van der Waals surface area contributed by atoms with Crippen molar-refractivity contribution in [1.29, 1.82) is 0 Å². The maximum Gasteiger partial charge on any atom is 0.227 e. The van der Waals surface area contributed by atoms with E-state index in [0.29, 0.717) is 17.9 Å². The number of ketones is 1. The number of rotatable bonds is 5. The van der Waals surface area contributed by atoms with Crippen molar-refractivity contribution in [3.8, 4) is 5.75 Å². The molecule has 1 heterocycles. The molecule has 5 nitrogen and oxygen atoms in total. The van der Waals surface area contributed by atoms with Gasteiger partial charge < -0.3 is 15.4 Å². The lowest BCUT2D eigenvalue weighted by atomic mass is 9.99. The van der Waals surface area contributed by atoms with Gasteiger partial charge in [-0.1, -0.05) is 0 Å². The van der Waals surface area contributed by atoms with Crippen LogP contribution in [0.4, 0.5) is 0 Å². The number of carbonyl (C=O) groups is 2. The zero-order valence-electron chi connectivity index (χ0n) is 13.3. The smallest absolute Gasteiger partial charge is 0.227 e. The van der Waals surface area contributed by atoms with Crippen molar-refractivity contribution in [2.24, 2.45) is 5.73 Å². The summed E-state index contributed by atoms with van der Waals surface area (Å²) in [6.45, 7) is 2.77. The van der Waals surface area contributed by atoms with Crippen LogP contribution in [-0.4, -0.2) is 42.8 Å². The highest BCUT2D eigenvalue weighted by atomic mass is 16.5. The average Bonchev–Trinajstić information content (AvgIpc) is 2.54. The van der Waals surface area contributed by atoms with Crippen molar-refractivity contribution < 1.29 is 14.3 Å². The first-order valence-corrected chi connectivity index (χ1v) is 7.74. The monoisotopic (exact) mass is 304 g/mol. The zero-order valence-corrected chi connectivity index (χ0v) is 13.3. The standard InChI is InChI=1S/C17H24N2O3/c1-12(20)13-6-7-16(22-2)14(9-13)10-17(21)19-8-4-3-5-15(19)11-18/h6-7,9,15H,3-5,8,10-11,18H2,1-2H3. The molecule has 2 rings (SSSR count). The fourth-order valence-corrected chi connectivity index (χ4v) is 2.97. The van der Waals surface area contributed by atoms with Gasteiger partial charge in [0.05, 0.1) is 13.5 Å². The Morgan fingerprint density at radius 2 is 2.14 bits per heavy atom. The minimum absolute atomic E-state index is 0.0193. The zero-order chi connectivity index (χ0) is 16.1. The molecule has 1 amide bonds. The Labute approximate surface area is 131 Å². The number of likely N-dealkylation sites (tertiary alicyclic amines) is 1. The van der Waals surface area contributed by atoms with Crippen LogP contribution in [-0.2, 0) is 11.2 Å².